The van der Waals surface area contributed by atoms with Gasteiger partial charge in [0, 0.05) is 11.5 Å². The molecule has 0 radical (unpaired) electrons. The zero-order valence-corrected chi connectivity index (χ0v) is 11.5. The van der Waals surface area contributed by atoms with E-state index in [1.807, 2.05) is 0 Å². The van der Waals surface area contributed by atoms with Crippen molar-refractivity contribution < 1.29 is 19.2 Å². The van der Waals surface area contributed by atoms with Crippen molar-refractivity contribution in [3.8, 4) is 0 Å². The van der Waals surface area contributed by atoms with Crippen LogP contribution in [0.5, 0.6) is 0 Å². The Hall–Kier alpha value is -1.79. The summed E-state index contributed by atoms with van der Waals surface area (Å²) in [5, 5.41) is 3.36. The molecule has 0 unspecified atom stereocenters. The number of nitrogens with zero attached hydrogens (tertiary/aromatic N) is 3. The molecule has 8 nitrogen and oxygen atoms in total. The Kier molecular flexibility index (Phi) is 7.55. The highest BCUT2D eigenvalue weighted by Gasteiger charge is 2.31. The number of azide groups is 1. The van der Waals surface area contributed by atoms with Crippen molar-refractivity contribution in [2.24, 2.45) is 16.9 Å². The van der Waals surface area contributed by atoms with Gasteiger partial charge in [-0.05, 0) is 39.1 Å². The van der Waals surface area contributed by atoms with Crippen LogP contribution in [0, 0.1) is 5.92 Å². The van der Waals surface area contributed by atoms with Crippen LogP contribution < -0.4 is 5.90 Å². The van der Waals surface area contributed by atoms with Gasteiger partial charge in [-0.15, -0.1) is 0 Å². The molecule has 0 aromatic carbocycles. The van der Waals surface area contributed by atoms with E-state index >= 15 is 0 Å². The molecule has 1 atom stereocenters. The molecule has 0 aliphatic heterocycles. The topological polar surface area (TPSA) is 127 Å². The minimum Gasteiger partial charge on any atom is -0.459 e. The van der Waals surface area contributed by atoms with Gasteiger partial charge in [0.2, 0.25) is 0 Å². The van der Waals surface area contributed by atoms with E-state index in [0.717, 1.165) is 0 Å². The number of hydrogen-bond acceptors (Lipinski definition) is 6. The summed E-state index contributed by atoms with van der Waals surface area (Å²) >= 11 is 0. The summed E-state index contributed by atoms with van der Waals surface area (Å²) in [6, 6.07) is 0. The fourth-order valence-corrected chi connectivity index (χ4v) is 1.36. The van der Waals surface area contributed by atoms with Crippen molar-refractivity contribution in [1.29, 1.82) is 0 Å². The van der Waals surface area contributed by atoms with Crippen molar-refractivity contribution in [3.63, 3.8) is 0 Å². The molecule has 108 valence electrons. The summed E-state index contributed by atoms with van der Waals surface area (Å²) in [5.74, 6) is 2.27. The van der Waals surface area contributed by atoms with Gasteiger partial charge in [0.25, 0.3) is 0 Å². The Morgan fingerprint density at radius 1 is 1.32 bits per heavy atom. The SMILES string of the molecule is CC(C)(C)OC(=O)[C@H](CCCCN=[N+]=[N-])C(=O)ON. The molecule has 0 aromatic heterocycles. The Bertz CT molecular complexity index is 358. The van der Waals surface area contributed by atoms with Gasteiger partial charge in [-0.1, -0.05) is 11.5 Å². The summed E-state index contributed by atoms with van der Waals surface area (Å²) in [4.78, 5) is 30.0. The lowest BCUT2D eigenvalue weighted by molar-refractivity contribution is -0.169. The Labute approximate surface area is 111 Å². The number of unbranched alkanes of at least 4 members (excludes halogenated alkanes) is 1. The normalized spacial score (nSPS) is 12.2. The van der Waals surface area contributed by atoms with Crippen molar-refractivity contribution in [2.45, 2.75) is 45.6 Å². The van der Waals surface area contributed by atoms with E-state index in [9.17, 15) is 9.59 Å². The van der Waals surface area contributed by atoms with E-state index < -0.39 is 23.5 Å². The zero-order chi connectivity index (χ0) is 14.9. The van der Waals surface area contributed by atoms with Crippen molar-refractivity contribution in [3.05, 3.63) is 10.4 Å². The van der Waals surface area contributed by atoms with Gasteiger partial charge in [-0.25, -0.2) is 4.79 Å². The Balaban J connectivity index is 4.42. The summed E-state index contributed by atoms with van der Waals surface area (Å²) in [7, 11) is 0. The van der Waals surface area contributed by atoms with E-state index in [4.69, 9.17) is 16.2 Å². The maximum atomic E-state index is 11.8. The number of carbonyl (C=O) groups is 2. The number of rotatable bonds is 7. The smallest absolute Gasteiger partial charge is 0.338 e. The van der Waals surface area contributed by atoms with Crippen LogP contribution in [0.2, 0.25) is 0 Å². The van der Waals surface area contributed by atoms with Crippen LogP contribution in [0.1, 0.15) is 40.0 Å². The second-order valence-electron chi connectivity index (χ2n) is 4.97. The third-order valence-electron chi connectivity index (χ3n) is 2.16. The summed E-state index contributed by atoms with van der Waals surface area (Å²) < 4.78 is 5.12. The highest BCUT2D eigenvalue weighted by atomic mass is 16.7. The lowest BCUT2D eigenvalue weighted by atomic mass is 10.0. The van der Waals surface area contributed by atoms with E-state index in [1.54, 1.807) is 20.8 Å². The average molecular weight is 272 g/mol. The van der Waals surface area contributed by atoms with E-state index in [0.29, 0.717) is 19.4 Å². The van der Waals surface area contributed by atoms with Crippen LogP contribution in [-0.2, 0) is 19.2 Å². The molecule has 8 heteroatoms. The molecule has 2 N–H and O–H groups in total. The van der Waals surface area contributed by atoms with E-state index in [-0.39, 0.29) is 6.42 Å². The Morgan fingerprint density at radius 2 is 1.95 bits per heavy atom. The molecule has 19 heavy (non-hydrogen) atoms. The second-order valence-corrected chi connectivity index (χ2v) is 4.97. The summed E-state index contributed by atoms with van der Waals surface area (Å²) in [6.45, 7) is 5.43. The number of esters is 1. The number of ether oxygens (including phenoxy) is 1. The van der Waals surface area contributed by atoms with Crippen LogP contribution in [0.3, 0.4) is 0 Å². The number of nitrogens with two attached hydrogens (primary N) is 1. The molecule has 0 bridgehead atoms. The summed E-state index contributed by atoms with van der Waals surface area (Å²) in [6.07, 6.45) is 1.34. The second kappa shape index (κ2) is 8.34. The van der Waals surface area contributed by atoms with Gasteiger partial charge in [0.1, 0.15) is 5.60 Å². The zero-order valence-electron chi connectivity index (χ0n) is 11.5. The van der Waals surface area contributed by atoms with Crippen molar-refractivity contribution in [1.82, 2.24) is 0 Å². The van der Waals surface area contributed by atoms with Crippen LogP contribution >= 0.6 is 0 Å². The third kappa shape index (κ3) is 8.01. The molecular formula is C11H20N4O4. The maximum Gasteiger partial charge on any atom is 0.338 e. The highest BCUT2D eigenvalue weighted by Crippen LogP contribution is 2.17. The van der Waals surface area contributed by atoms with E-state index in [2.05, 4.69) is 14.9 Å². The lowest BCUT2D eigenvalue weighted by Crippen LogP contribution is -2.34. The standard InChI is InChI=1S/C11H20N4O4/c1-11(2,3)18-9(16)8(10(17)19-13)6-4-5-7-14-15-12/h8H,4-7,13H2,1-3H3/t8-/m0/s1. The fraction of sp³-hybridized carbons (Fsp3) is 0.818. The molecule has 0 saturated heterocycles. The minimum atomic E-state index is -1.05. The monoisotopic (exact) mass is 272 g/mol. The molecule has 0 amide bonds. The molecule has 0 spiro atoms. The van der Waals surface area contributed by atoms with Crippen molar-refractivity contribution >= 4 is 11.9 Å². The third-order valence-corrected chi connectivity index (χ3v) is 2.16. The number of carbonyl (C=O) groups excluding carboxylic acids is 2. The largest absolute Gasteiger partial charge is 0.459 e. The molecule has 0 aliphatic carbocycles. The fourth-order valence-electron chi connectivity index (χ4n) is 1.36. The highest BCUT2D eigenvalue weighted by molar-refractivity contribution is 5.94. The molecular weight excluding hydrogens is 252 g/mol. The quantitative estimate of drug-likeness (QED) is 0.144. The molecule has 0 rings (SSSR count). The number of hydrogen-bond donors (Lipinski definition) is 1. The predicted molar refractivity (Wildman–Crippen MR) is 67.5 cm³/mol. The van der Waals surface area contributed by atoms with Gasteiger partial charge in [0.15, 0.2) is 5.92 Å². The average Bonchev–Trinajstić information content (AvgIpc) is 2.30. The van der Waals surface area contributed by atoms with Crippen molar-refractivity contribution in [2.75, 3.05) is 6.54 Å². The molecule has 0 aliphatic rings. The molecule has 0 saturated carbocycles. The first kappa shape index (κ1) is 17.2. The van der Waals surface area contributed by atoms with Gasteiger partial charge in [-0.3, -0.25) is 4.79 Å². The first-order chi connectivity index (χ1) is 8.81. The molecule has 0 heterocycles. The first-order valence-electron chi connectivity index (χ1n) is 5.96. The van der Waals surface area contributed by atoms with Gasteiger partial charge in [0.05, 0.1) is 0 Å². The first-order valence-corrected chi connectivity index (χ1v) is 5.96. The Morgan fingerprint density at radius 3 is 2.42 bits per heavy atom. The van der Waals surface area contributed by atoms with Gasteiger partial charge < -0.3 is 9.57 Å². The maximum absolute atomic E-state index is 11.8. The lowest BCUT2D eigenvalue weighted by Gasteiger charge is -2.22. The van der Waals surface area contributed by atoms with Crippen LogP contribution in [0.25, 0.3) is 10.4 Å². The van der Waals surface area contributed by atoms with Crippen LogP contribution in [0.4, 0.5) is 0 Å². The van der Waals surface area contributed by atoms with Crippen LogP contribution in [0.15, 0.2) is 5.11 Å². The van der Waals surface area contributed by atoms with E-state index in [1.165, 1.54) is 0 Å². The van der Waals surface area contributed by atoms with Gasteiger partial charge in [-0.2, -0.15) is 5.90 Å². The van der Waals surface area contributed by atoms with Gasteiger partial charge >= 0.3 is 11.9 Å². The molecule has 0 aromatic rings. The molecule has 0 fully saturated rings. The predicted octanol–water partition coefficient (Wildman–Crippen LogP) is 1.84. The minimum absolute atomic E-state index is 0.242. The summed E-state index contributed by atoms with van der Waals surface area (Å²) in [5.41, 5.74) is 7.43. The van der Waals surface area contributed by atoms with Crippen LogP contribution in [-0.4, -0.2) is 24.1 Å².